The highest BCUT2D eigenvalue weighted by Crippen LogP contribution is 2.47. The molecule has 5 aliphatic heterocycles. The van der Waals surface area contributed by atoms with Crippen LogP contribution in [0.15, 0.2) is 42.4 Å². The van der Waals surface area contributed by atoms with E-state index < -0.39 is 29.3 Å². The molecule has 2 aromatic rings. The number of nitrogens with one attached hydrogen (secondary N) is 1. The Morgan fingerprint density at radius 2 is 1.54 bits per heavy atom. The number of hydrogen-bond acceptors (Lipinski definition) is 6. The van der Waals surface area contributed by atoms with Gasteiger partial charge in [0.25, 0.3) is 5.92 Å². The van der Waals surface area contributed by atoms with Crippen molar-refractivity contribution < 1.29 is 13.2 Å². The minimum Gasteiger partial charge on any atom is -0.363 e. The third-order valence-electron chi connectivity index (χ3n) is 11.7. The van der Waals surface area contributed by atoms with E-state index in [1.165, 1.54) is 11.6 Å². The van der Waals surface area contributed by atoms with Crippen LogP contribution in [0.1, 0.15) is 129 Å². The molecular formula is C41H61F3N6. The molecule has 3 atom stereocenters. The zero-order valence-corrected chi connectivity index (χ0v) is 31.6. The Bertz CT molecular complexity index is 1470. The van der Waals surface area contributed by atoms with Crippen molar-refractivity contribution >= 4 is 17.7 Å². The van der Waals surface area contributed by atoms with Gasteiger partial charge < -0.3 is 15.1 Å². The first-order valence-electron chi connectivity index (χ1n) is 19.4. The molecule has 0 amide bonds. The second-order valence-electron chi connectivity index (χ2n) is 15.1. The van der Waals surface area contributed by atoms with Crippen molar-refractivity contribution in [2.75, 3.05) is 36.4 Å². The van der Waals surface area contributed by atoms with Crippen LogP contribution in [0.3, 0.4) is 0 Å². The Morgan fingerprint density at radius 3 is 2.20 bits per heavy atom. The molecule has 7 rings (SSSR count). The molecule has 6 heterocycles. The summed E-state index contributed by atoms with van der Waals surface area (Å²) in [6.45, 7) is 22.9. The van der Waals surface area contributed by atoms with E-state index in [0.29, 0.717) is 30.6 Å². The number of piperidine rings is 2. The van der Waals surface area contributed by atoms with Gasteiger partial charge in [-0.05, 0) is 110 Å². The number of likely N-dealkylation sites (tertiary alicyclic amines) is 1. The summed E-state index contributed by atoms with van der Waals surface area (Å²) in [6.07, 6.45) is 12.0. The molecule has 0 aliphatic carbocycles. The number of allylic oxidation sites excluding steroid dienone is 1. The van der Waals surface area contributed by atoms with E-state index in [1.807, 2.05) is 20.8 Å². The van der Waals surface area contributed by atoms with E-state index in [4.69, 9.17) is 4.98 Å². The predicted octanol–water partition coefficient (Wildman–Crippen LogP) is 10.2. The maximum Gasteiger partial charge on any atom is 0.278 e. The van der Waals surface area contributed by atoms with Gasteiger partial charge in [-0.3, -0.25) is 4.90 Å². The van der Waals surface area contributed by atoms with Crippen molar-refractivity contribution in [3.63, 3.8) is 0 Å². The summed E-state index contributed by atoms with van der Waals surface area (Å²) in [6, 6.07) is 4.43. The Hall–Kier alpha value is -2.91. The third kappa shape index (κ3) is 7.94. The van der Waals surface area contributed by atoms with Crippen LogP contribution in [0, 0.1) is 17.7 Å². The summed E-state index contributed by atoms with van der Waals surface area (Å²) in [5.41, 5.74) is 2.80. The van der Waals surface area contributed by atoms with Gasteiger partial charge in [0.2, 0.25) is 0 Å². The summed E-state index contributed by atoms with van der Waals surface area (Å²) in [4.78, 5) is 16.6. The lowest BCUT2D eigenvalue weighted by molar-refractivity contribution is -0.107. The Labute approximate surface area is 299 Å². The summed E-state index contributed by atoms with van der Waals surface area (Å²) in [5.74, 6) is -3.27. The maximum atomic E-state index is 16.3. The number of aromatic nitrogens is 2. The molecule has 8 bridgehead atoms. The van der Waals surface area contributed by atoms with Gasteiger partial charge in [0.15, 0.2) is 0 Å². The molecule has 9 heteroatoms. The lowest BCUT2D eigenvalue weighted by Crippen LogP contribution is -2.50. The SMILES string of the molecule is C=C1C(C2CCN(C(C)C)CC2)=Cc2c3ncnc2N1CCCCCCCN1C(C)CC(CC1C)C(F)(F)c1cccc(c1F)[C@@H](C)N3.CC. The highest BCUT2D eigenvalue weighted by Gasteiger charge is 2.48. The summed E-state index contributed by atoms with van der Waals surface area (Å²) in [7, 11) is 0. The van der Waals surface area contributed by atoms with E-state index >= 15 is 13.2 Å². The number of hydrogen-bond donors (Lipinski definition) is 1. The fraction of sp³-hybridized carbons (Fsp3) is 0.659. The van der Waals surface area contributed by atoms with E-state index in [9.17, 15) is 0 Å². The van der Waals surface area contributed by atoms with Gasteiger partial charge in [0.05, 0.1) is 17.2 Å². The zero-order valence-electron chi connectivity index (χ0n) is 31.6. The lowest BCUT2D eigenvalue weighted by Gasteiger charge is -2.45. The van der Waals surface area contributed by atoms with Crippen molar-refractivity contribution in [1.29, 1.82) is 0 Å². The van der Waals surface area contributed by atoms with Gasteiger partial charge in [0, 0.05) is 41.8 Å². The number of halogens is 3. The molecule has 0 saturated carbocycles. The molecule has 1 aromatic heterocycles. The second kappa shape index (κ2) is 16.6. The van der Waals surface area contributed by atoms with Gasteiger partial charge in [-0.1, -0.05) is 57.9 Å². The lowest BCUT2D eigenvalue weighted by atomic mass is 9.79. The van der Waals surface area contributed by atoms with Gasteiger partial charge in [-0.25, -0.2) is 23.1 Å². The topological polar surface area (TPSA) is 47.5 Å². The third-order valence-corrected chi connectivity index (χ3v) is 11.7. The quantitative estimate of drug-likeness (QED) is 0.338. The molecule has 5 aliphatic rings. The number of fused-ring (bicyclic) bond motifs is 9. The first-order chi connectivity index (χ1) is 24.0. The standard InChI is InChI=1S/C39H55F3N6.C2H6/c1-25(2)46-19-15-30(16-20-46)33-23-34-37-43-24-44-38(34)48(29(33)6)18-11-9-7-8-10-17-47-26(3)21-31(22-27(47)4)39(41,42)35-14-12-13-32(36(35)40)28(5)45-37;1-2/h12-14,23-28,30-31H,6-11,15-22H2,1-5H3,(H,43,44,45);1-2H3/t26?,27?,28-,31?;/m1./s1. The van der Waals surface area contributed by atoms with Crippen molar-refractivity contribution in [3.05, 3.63) is 64.9 Å². The average Bonchev–Trinajstić information content (AvgIpc) is 3.10. The molecule has 2 saturated heterocycles. The van der Waals surface area contributed by atoms with E-state index in [-0.39, 0.29) is 17.6 Å². The molecule has 2 unspecified atom stereocenters. The second-order valence-corrected chi connectivity index (χ2v) is 15.1. The fourth-order valence-electron chi connectivity index (χ4n) is 8.79. The van der Waals surface area contributed by atoms with Gasteiger partial charge >= 0.3 is 0 Å². The Morgan fingerprint density at radius 1 is 0.900 bits per heavy atom. The first-order valence-corrected chi connectivity index (χ1v) is 19.4. The van der Waals surface area contributed by atoms with Crippen molar-refractivity contribution in [1.82, 2.24) is 19.8 Å². The van der Waals surface area contributed by atoms with E-state index in [1.54, 1.807) is 18.5 Å². The van der Waals surface area contributed by atoms with Crippen LogP contribution in [-0.4, -0.2) is 64.1 Å². The highest BCUT2D eigenvalue weighted by molar-refractivity contribution is 5.83. The van der Waals surface area contributed by atoms with E-state index in [2.05, 4.69) is 65.4 Å². The molecular weight excluding hydrogens is 633 g/mol. The predicted molar refractivity (Wildman–Crippen MR) is 201 cm³/mol. The largest absolute Gasteiger partial charge is 0.363 e. The highest BCUT2D eigenvalue weighted by atomic mass is 19.3. The van der Waals surface area contributed by atoms with Crippen LogP contribution < -0.4 is 10.2 Å². The molecule has 276 valence electrons. The number of anilines is 2. The minimum absolute atomic E-state index is 0.0225. The van der Waals surface area contributed by atoms with Crippen LogP contribution in [0.2, 0.25) is 0 Å². The zero-order chi connectivity index (χ0) is 36.2. The Balaban J connectivity index is 0.00000239. The summed E-state index contributed by atoms with van der Waals surface area (Å²) >= 11 is 0. The van der Waals surface area contributed by atoms with Gasteiger partial charge in [-0.15, -0.1) is 0 Å². The van der Waals surface area contributed by atoms with Crippen LogP contribution in [0.5, 0.6) is 0 Å². The smallest absolute Gasteiger partial charge is 0.278 e. The number of alkyl halides is 2. The van der Waals surface area contributed by atoms with Crippen LogP contribution in [-0.2, 0) is 5.92 Å². The number of rotatable bonds is 2. The molecule has 6 nitrogen and oxygen atoms in total. The van der Waals surface area contributed by atoms with Crippen LogP contribution >= 0.6 is 0 Å². The van der Waals surface area contributed by atoms with Crippen LogP contribution in [0.25, 0.3) is 6.08 Å². The average molecular weight is 695 g/mol. The fourth-order valence-corrected chi connectivity index (χ4v) is 8.79. The van der Waals surface area contributed by atoms with Crippen LogP contribution in [0.4, 0.5) is 24.8 Å². The molecule has 0 radical (unpaired) electrons. The Kier molecular flexibility index (Phi) is 12.7. The first kappa shape index (κ1) is 38.3. The molecule has 50 heavy (non-hydrogen) atoms. The van der Waals surface area contributed by atoms with Crippen molar-refractivity contribution in [2.45, 2.75) is 136 Å². The normalized spacial score (nSPS) is 28.2. The summed E-state index contributed by atoms with van der Waals surface area (Å²) in [5, 5.41) is 3.42. The van der Waals surface area contributed by atoms with Crippen molar-refractivity contribution in [2.24, 2.45) is 11.8 Å². The minimum atomic E-state index is -3.27. The number of benzene rings is 1. The molecule has 0 spiro atoms. The molecule has 2 fully saturated rings. The molecule has 1 aromatic carbocycles. The van der Waals surface area contributed by atoms with Crippen molar-refractivity contribution in [3.8, 4) is 0 Å². The van der Waals surface area contributed by atoms with E-state index in [0.717, 1.165) is 88.2 Å². The molecule has 1 N–H and O–H groups in total. The monoisotopic (exact) mass is 694 g/mol. The van der Waals surface area contributed by atoms with Gasteiger partial charge in [-0.2, -0.15) is 0 Å². The van der Waals surface area contributed by atoms with Gasteiger partial charge in [0.1, 0.15) is 23.8 Å². The number of nitrogens with zero attached hydrogens (tertiary/aromatic N) is 5. The summed E-state index contributed by atoms with van der Waals surface area (Å²) < 4.78 is 48.8. The maximum absolute atomic E-state index is 16.3.